The molecule has 0 spiro atoms. The zero-order valence-electron chi connectivity index (χ0n) is 15.2. The molecular formula is C20H22N4O2S. The van der Waals surface area contributed by atoms with Gasteiger partial charge in [0, 0.05) is 29.6 Å². The molecule has 6 nitrogen and oxygen atoms in total. The monoisotopic (exact) mass is 382 g/mol. The van der Waals surface area contributed by atoms with Gasteiger partial charge in [-0.3, -0.25) is 9.69 Å². The molecule has 4 rings (SSSR count). The lowest BCUT2D eigenvalue weighted by Crippen LogP contribution is -2.31. The zero-order chi connectivity index (χ0) is 18.8. The summed E-state index contributed by atoms with van der Waals surface area (Å²) in [5, 5.41) is 12.4. The molecule has 1 aliphatic rings. The van der Waals surface area contributed by atoms with Crippen LogP contribution in [0.25, 0.3) is 22.8 Å². The van der Waals surface area contributed by atoms with Crippen LogP contribution < -0.4 is 5.56 Å². The van der Waals surface area contributed by atoms with E-state index in [1.54, 1.807) is 0 Å². The Labute approximate surface area is 161 Å². The Kier molecular flexibility index (Phi) is 5.15. The van der Waals surface area contributed by atoms with Crippen LogP contribution >= 0.6 is 11.3 Å². The summed E-state index contributed by atoms with van der Waals surface area (Å²) in [7, 11) is 0. The van der Waals surface area contributed by atoms with Gasteiger partial charge in [-0.25, -0.2) is 9.97 Å². The first-order valence-electron chi connectivity index (χ1n) is 9.10. The summed E-state index contributed by atoms with van der Waals surface area (Å²) < 4.78 is 0. The van der Waals surface area contributed by atoms with Crippen LogP contribution in [0.1, 0.15) is 23.4 Å². The summed E-state index contributed by atoms with van der Waals surface area (Å²) in [6.07, 6.45) is 2.16. The first-order chi connectivity index (χ1) is 13.1. The fourth-order valence-electron chi connectivity index (χ4n) is 3.57. The van der Waals surface area contributed by atoms with E-state index in [1.165, 1.54) is 17.4 Å². The molecule has 0 radical (unpaired) electrons. The van der Waals surface area contributed by atoms with E-state index in [-0.39, 0.29) is 18.2 Å². The lowest BCUT2D eigenvalue weighted by Gasteiger charge is -2.22. The van der Waals surface area contributed by atoms with Gasteiger partial charge in [0.2, 0.25) is 0 Å². The average molecular weight is 382 g/mol. The van der Waals surface area contributed by atoms with E-state index in [9.17, 15) is 9.90 Å². The molecule has 27 heavy (non-hydrogen) atoms. The summed E-state index contributed by atoms with van der Waals surface area (Å²) in [5.41, 5.74) is 3.14. The third kappa shape index (κ3) is 4.00. The summed E-state index contributed by atoms with van der Waals surface area (Å²) in [4.78, 5) is 26.4. The van der Waals surface area contributed by atoms with Crippen molar-refractivity contribution < 1.29 is 5.11 Å². The van der Waals surface area contributed by atoms with Crippen molar-refractivity contribution in [2.24, 2.45) is 0 Å². The fraction of sp³-hybridized carbons (Fsp3) is 0.350. The lowest BCUT2D eigenvalue weighted by molar-refractivity contribution is 0.153. The van der Waals surface area contributed by atoms with E-state index in [4.69, 9.17) is 0 Å². The number of benzene rings is 1. The highest BCUT2D eigenvalue weighted by atomic mass is 32.1. The largest absolute Gasteiger partial charge is 0.395 e. The van der Waals surface area contributed by atoms with E-state index in [1.807, 2.05) is 24.4 Å². The Morgan fingerprint density at radius 3 is 2.96 bits per heavy atom. The maximum Gasteiger partial charge on any atom is 0.251 e. The number of aliphatic hydroxyl groups excluding tert-OH is 1. The third-order valence-corrected chi connectivity index (χ3v) is 5.69. The molecule has 0 aliphatic carbocycles. The van der Waals surface area contributed by atoms with E-state index >= 15 is 0 Å². The zero-order valence-corrected chi connectivity index (χ0v) is 16.0. The number of thiazole rings is 1. The first-order valence-corrected chi connectivity index (χ1v) is 9.98. The first kappa shape index (κ1) is 18.0. The van der Waals surface area contributed by atoms with E-state index < -0.39 is 0 Å². The second-order valence-electron chi connectivity index (χ2n) is 6.88. The van der Waals surface area contributed by atoms with Gasteiger partial charge in [0.25, 0.3) is 5.56 Å². The topological polar surface area (TPSA) is 82.1 Å². The number of nitrogens with one attached hydrogen (secondary N) is 1. The number of rotatable bonds is 5. The minimum Gasteiger partial charge on any atom is -0.395 e. The summed E-state index contributed by atoms with van der Waals surface area (Å²) in [6, 6.07) is 9.78. The van der Waals surface area contributed by atoms with Gasteiger partial charge in [-0.05, 0) is 37.9 Å². The highest BCUT2D eigenvalue weighted by Crippen LogP contribution is 2.24. The molecule has 140 valence electrons. The van der Waals surface area contributed by atoms with Gasteiger partial charge in [0.1, 0.15) is 11.5 Å². The van der Waals surface area contributed by atoms with Crippen molar-refractivity contribution >= 4 is 11.3 Å². The van der Waals surface area contributed by atoms with Gasteiger partial charge in [-0.15, -0.1) is 11.3 Å². The molecule has 1 saturated heterocycles. The van der Waals surface area contributed by atoms with Gasteiger partial charge in [0.05, 0.1) is 17.3 Å². The molecule has 0 unspecified atom stereocenters. The van der Waals surface area contributed by atoms with Crippen molar-refractivity contribution in [1.29, 1.82) is 0 Å². The second-order valence-corrected chi connectivity index (χ2v) is 7.94. The molecule has 0 amide bonds. The molecular weight excluding hydrogens is 360 g/mol. The maximum absolute atomic E-state index is 12.2. The molecule has 3 aromatic rings. The summed E-state index contributed by atoms with van der Waals surface area (Å²) in [5.74, 6) is 0.546. The molecule has 2 aromatic heterocycles. The average Bonchev–Trinajstić information content (AvgIpc) is 3.30. The molecule has 0 saturated carbocycles. The van der Waals surface area contributed by atoms with Crippen LogP contribution in [-0.4, -0.2) is 44.2 Å². The Balaban J connectivity index is 1.64. The molecule has 3 heterocycles. The molecule has 2 N–H and O–H groups in total. The summed E-state index contributed by atoms with van der Waals surface area (Å²) in [6.45, 7) is 3.92. The predicted octanol–water partition coefficient (Wildman–Crippen LogP) is 2.83. The predicted molar refractivity (Wildman–Crippen MR) is 107 cm³/mol. The van der Waals surface area contributed by atoms with Gasteiger partial charge >= 0.3 is 0 Å². The van der Waals surface area contributed by atoms with Crippen molar-refractivity contribution in [2.45, 2.75) is 32.4 Å². The summed E-state index contributed by atoms with van der Waals surface area (Å²) >= 11 is 1.54. The highest BCUT2D eigenvalue weighted by molar-refractivity contribution is 7.09. The van der Waals surface area contributed by atoms with Gasteiger partial charge < -0.3 is 10.1 Å². The number of aryl methyl sites for hydroxylation is 1. The van der Waals surface area contributed by atoms with Crippen molar-refractivity contribution in [3.8, 4) is 22.8 Å². The van der Waals surface area contributed by atoms with Crippen LogP contribution in [0.5, 0.6) is 0 Å². The van der Waals surface area contributed by atoms with Crippen LogP contribution in [-0.2, 0) is 6.54 Å². The van der Waals surface area contributed by atoms with Crippen LogP contribution in [0.2, 0.25) is 0 Å². The number of hydrogen-bond acceptors (Lipinski definition) is 6. The number of aliphatic hydroxyl groups is 1. The number of H-pyrrole nitrogens is 1. The molecule has 7 heteroatoms. The third-order valence-electron chi connectivity index (χ3n) is 4.92. The smallest absolute Gasteiger partial charge is 0.251 e. The number of hydrogen-bond donors (Lipinski definition) is 2. The van der Waals surface area contributed by atoms with Crippen molar-refractivity contribution in [3.63, 3.8) is 0 Å². The molecule has 1 atom stereocenters. The minimum atomic E-state index is -0.189. The van der Waals surface area contributed by atoms with Crippen LogP contribution in [0, 0.1) is 6.92 Å². The lowest BCUT2D eigenvalue weighted by atomic mass is 10.1. The second kappa shape index (κ2) is 7.72. The van der Waals surface area contributed by atoms with Crippen LogP contribution in [0.15, 0.2) is 40.5 Å². The minimum absolute atomic E-state index is 0.189. The number of likely N-dealkylation sites (tertiary alicyclic amines) is 1. The van der Waals surface area contributed by atoms with Crippen LogP contribution in [0.3, 0.4) is 0 Å². The fourth-order valence-corrected chi connectivity index (χ4v) is 4.17. The Hall–Kier alpha value is -2.35. The normalized spacial score (nSPS) is 17.5. The van der Waals surface area contributed by atoms with Gasteiger partial charge in [-0.1, -0.05) is 18.2 Å². The van der Waals surface area contributed by atoms with E-state index in [0.29, 0.717) is 11.5 Å². The van der Waals surface area contributed by atoms with E-state index in [2.05, 4.69) is 32.0 Å². The SMILES string of the molecule is Cc1nc(-c2cc(=O)[nH]c(-c3cccc(CN4CCC[C@H]4CO)c3)n2)cs1. The van der Waals surface area contributed by atoms with Crippen LogP contribution in [0.4, 0.5) is 0 Å². The van der Waals surface area contributed by atoms with Crippen molar-refractivity contribution in [2.75, 3.05) is 13.2 Å². The maximum atomic E-state index is 12.2. The van der Waals surface area contributed by atoms with Gasteiger partial charge in [0.15, 0.2) is 0 Å². The number of aromatic nitrogens is 3. The van der Waals surface area contributed by atoms with Gasteiger partial charge in [-0.2, -0.15) is 0 Å². The Morgan fingerprint density at radius 2 is 2.19 bits per heavy atom. The molecule has 1 aromatic carbocycles. The molecule has 1 aliphatic heterocycles. The number of nitrogens with zero attached hydrogens (tertiary/aromatic N) is 3. The Morgan fingerprint density at radius 1 is 1.30 bits per heavy atom. The van der Waals surface area contributed by atoms with Crippen molar-refractivity contribution in [3.05, 3.63) is 56.6 Å². The number of aromatic amines is 1. The van der Waals surface area contributed by atoms with E-state index in [0.717, 1.165) is 47.8 Å². The van der Waals surface area contributed by atoms with Crippen molar-refractivity contribution in [1.82, 2.24) is 19.9 Å². The highest BCUT2D eigenvalue weighted by Gasteiger charge is 2.23. The Bertz CT molecular complexity index is 997. The quantitative estimate of drug-likeness (QED) is 0.709. The standard InChI is InChI=1S/C20H22N4O2S/c1-13-21-18(12-27-13)17-9-19(26)23-20(22-17)15-5-2-4-14(8-15)10-24-7-3-6-16(24)11-25/h2,4-5,8-9,12,16,25H,3,6-7,10-11H2,1H3,(H,22,23,26)/t16-/m0/s1. The molecule has 0 bridgehead atoms. The molecule has 1 fully saturated rings.